The molecule has 1 unspecified atom stereocenters. The number of anilines is 1. The summed E-state index contributed by atoms with van der Waals surface area (Å²) >= 11 is -2.31. The number of nitrogens with one attached hydrogen (secondary N) is 2. The standard InChI is InChI=1S/C6H8N2O3S/c9-12(10)11-8-7-6-4-2-1-3-5-6/h1-5,7-8H,(H,9,10). The molecule has 66 valence electrons. The predicted octanol–water partition coefficient (Wildman–Crippen LogP) is 0.671. The first-order valence-electron chi connectivity index (χ1n) is 3.13. The van der Waals surface area contributed by atoms with Gasteiger partial charge in [-0.05, 0) is 12.1 Å². The Kier molecular flexibility index (Phi) is 3.68. The third kappa shape index (κ3) is 3.44. The lowest BCUT2D eigenvalue weighted by Crippen LogP contribution is -2.22. The van der Waals surface area contributed by atoms with Crippen molar-refractivity contribution in [2.24, 2.45) is 0 Å². The number of hydrogen-bond acceptors (Lipinski definition) is 4. The average molecular weight is 188 g/mol. The summed E-state index contributed by atoms with van der Waals surface area (Å²) in [4.78, 5) is 0. The molecule has 0 heterocycles. The van der Waals surface area contributed by atoms with Gasteiger partial charge in [0.1, 0.15) is 0 Å². The molecule has 1 rings (SSSR count). The van der Waals surface area contributed by atoms with E-state index in [0.29, 0.717) is 0 Å². The van der Waals surface area contributed by atoms with Crippen molar-refractivity contribution in [3.05, 3.63) is 30.3 Å². The van der Waals surface area contributed by atoms with Gasteiger partial charge in [-0.25, -0.2) is 0 Å². The van der Waals surface area contributed by atoms with Gasteiger partial charge in [0.2, 0.25) is 0 Å². The molecule has 1 aromatic carbocycles. The topological polar surface area (TPSA) is 70.6 Å². The van der Waals surface area contributed by atoms with Crippen molar-refractivity contribution in [3.63, 3.8) is 0 Å². The minimum atomic E-state index is -2.31. The van der Waals surface area contributed by atoms with E-state index in [4.69, 9.17) is 4.55 Å². The van der Waals surface area contributed by atoms with Crippen LogP contribution >= 0.6 is 0 Å². The van der Waals surface area contributed by atoms with Crippen molar-refractivity contribution in [1.29, 1.82) is 0 Å². The van der Waals surface area contributed by atoms with E-state index >= 15 is 0 Å². The summed E-state index contributed by atoms with van der Waals surface area (Å²) in [5, 5.41) is 0. The Morgan fingerprint density at radius 3 is 2.58 bits per heavy atom. The third-order valence-corrected chi connectivity index (χ3v) is 1.31. The highest BCUT2D eigenvalue weighted by Gasteiger charge is 1.91. The van der Waals surface area contributed by atoms with Crippen LogP contribution < -0.4 is 11.0 Å². The summed E-state index contributed by atoms with van der Waals surface area (Å²) in [5.41, 5.74) is 5.39. The fraction of sp³-hybridized carbons (Fsp3) is 0. The van der Waals surface area contributed by atoms with Gasteiger partial charge in [0.25, 0.3) is 0 Å². The lowest BCUT2D eigenvalue weighted by molar-refractivity contribution is 0.222. The van der Waals surface area contributed by atoms with E-state index in [-0.39, 0.29) is 0 Å². The SMILES string of the molecule is O=S(O)ONNc1ccccc1. The highest BCUT2D eigenvalue weighted by atomic mass is 32.2. The molecule has 0 amide bonds. The van der Waals surface area contributed by atoms with Crippen LogP contribution in [0.15, 0.2) is 30.3 Å². The molecule has 5 nitrogen and oxygen atoms in total. The summed E-state index contributed by atoms with van der Waals surface area (Å²) in [6.07, 6.45) is 0. The molecule has 0 aliphatic rings. The first-order valence-corrected chi connectivity index (χ1v) is 4.16. The summed E-state index contributed by atoms with van der Waals surface area (Å²) in [5.74, 6) is 0. The van der Waals surface area contributed by atoms with Crippen molar-refractivity contribution < 1.29 is 13.0 Å². The molecular weight excluding hydrogens is 180 g/mol. The van der Waals surface area contributed by atoms with Gasteiger partial charge in [0.15, 0.2) is 0 Å². The maximum absolute atomic E-state index is 9.98. The molecule has 0 fully saturated rings. The lowest BCUT2D eigenvalue weighted by Gasteiger charge is -2.03. The maximum Gasteiger partial charge on any atom is 0.321 e. The zero-order valence-electron chi connectivity index (χ0n) is 6.06. The molecule has 6 heteroatoms. The van der Waals surface area contributed by atoms with E-state index in [0.717, 1.165) is 5.69 Å². The van der Waals surface area contributed by atoms with Crippen LogP contribution in [0.2, 0.25) is 0 Å². The van der Waals surface area contributed by atoms with Gasteiger partial charge in [-0.3, -0.25) is 9.98 Å². The summed E-state index contributed by atoms with van der Waals surface area (Å²) < 4.78 is 22.3. The number of rotatable bonds is 4. The van der Waals surface area contributed by atoms with Crippen molar-refractivity contribution in [1.82, 2.24) is 5.59 Å². The molecule has 0 saturated heterocycles. The van der Waals surface area contributed by atoms with Crippen molar-refractivity contribution in [3.8, 4) is 0 Å². The fourth-order valence-corrected chi connectivity index (χ4v) is 0.750. The third-order valence-electron chi connectivity index (χ3n) is 1.08. The fourth-order valence-electron chi connectivity index (χ4n) is 0.637. The molecular formula is C6H8N2O3S. The number of para-hydroxylation sites is 1. The van der Waals surface area contributed by atoms with Gasteiger partial charge >= 0.3 is 11.4 Å². The quantitative estimate of drug-likeness (QED) is 0.478. The molecule has 1 atom stereocenters. The van der Waals surface area contributed by atoms with Crippen molar-refractivity contribution >= 4 is 17.0 Å². The van der Waals surface area contributed by atoms with E-state index in [9.17, 15) is 4.21 Å². The maximum atomic E-state index is 9.98. The Bertz CT molecular complexity index is 254. The second-order valence-corrected chi connectivity index (χ2v) is 2.49. The normalized spacial score (nSPS) is 12.4. The van der Waals surface area contributed by atoms with Gasteiger partial charge in [-0.2, -0.15) is 8.49 Å². The molecule has 0 bridgehead atoms. The van der Waals surface area contributed by atoms with Crippen LogP contribution in [0.25, 0.3) is 0 Å². The van der Waals surface area contributed by atoms with Crippen LogP contribution in [0.5, 0.6) is 0 Å². The Labute approximate surface area is 72.2 Å². The monoisotopic (exact) mass is 188 g/mol. The van der Waals surface area contributed by atoms with Crippen LogP contribution in [0.4, 0.5) is 5.69 Å². The van der Waals surface area contributed by atoms with Gasteiger partial charge in [0.05, 0.1) is 5.69 Å². The largest absolute Gasteiger partial charge is 0.321 e. The molecule has 1 aromatic rings. The average Bonchev–Trinajstić information content (AvgIpc) is 2.05. The van der Waals surface area contributed by atoms with Crippen molar-refractivity contribution in [2.45, 2.75) is 0 Å². The molecule has 0 saturated carbocycles. The van der Waals surface area contributed by atoms with Gasteiger partial charge in [-0.15, -0.1) is 0 Å². The molecule has 12 heavy (non-hydrogen) atoms. The van der Waals surface area contributed by atoms with Crippen LogP contribution in [0.1, 0.15) is 0 Å². The second-order valence-electron chi connectivity index (χ2n) is 1.89. The van der Waals surface area contributed by atoms with E-state index in [1.165, 1.54) is 0 Å². The number of benzene rings is 1. The summed E-state index contributed by atoms with van der Waals surface area (Å²) in [6.45, 7) is 0. The van der Waals surface area contributed by atoms with E-state index in [2.05, 4.69) is 15.3 Å². The zero-order chi connectivity index (χ0) is 8.81. The smallest absolute Gasteiger partial charge is 0.298 e. The molecule has 3 N–H and O–H groups in total. The molecule has 0 aliphatic carbocycles. The van der Waals surface area contributed by atoms with E-state index in [1.54, 1.807) is 12.1 Å². The zero-order valence-corrected chi connectivity index (χ0v) is 6.88. The van der Waals surface area contributed by atoms with Crippen LogP contribution in [0, 0.1) is 0 Å². The second kappa shape index (κ2) is 4.83. The van der Waals surface area contributed by atoms with E-state index < -0.39 is 11.4 Å². The van der Waals surface area contributed by atoms with Crippen LogP contribution in [0.3, 0.4) is 0 Å². The van der Waals surface area contributed by atoms with Crippen LogP contribution in [-0.4, -0.2) is 8.76 Å². The first kappa shape index (κ1) is 9.14. The summed E-state index contributed by atoms with van der Waals surface area (Å²) in [6, 6.07) is 9.05. The van der Waals surface area contributed by atoms with Crippen LogP contribution in [-0.2, 0) is 15.6 Å². The number of hydrazine groups is 1. The Morgan fingerprint density at radius 1 is 1.33 bits per heavy atom. The van der Waals surface area contributed by atoms with Gasteiger partial charge in [-0.1, -0.05) is 23.8 Å². The van der Waals surface area contributed by atoms with Gasteiger partial charge < -0.3 is 0 Å². The molecule has 0 radical (unpaired) electrons. The lowest BCUT2D eigenvalue weighted by atomic mass is 10.3. The minimum Gasteiger partial charge on any atom is -0.298 e. The highest BCUT2D eigenvalue weighted by molar-refractivity contribution is 7.74. The molecule has 0 aliphatic heterocycles. The van der Waals surface area contributed by atoms with Gasteiger partial charge in [0, 0.05) is 0 Å². The molecule has 0 spiro atoms. The summed E-state index contributed by atoms with van der Waals surface area (Å²) in [7, 11) is 0. The molecule has 0 aromatic heterocycles. The highest BCUT2D eigenvalue weighted by Crippen LogP contribution is 2.02. The Balaban J connectivity index is 2.29. The number of hydrogen-bond donors (Lipinski definition) is 3. The minimum absolute atomic E-state index is 0.739. The predicted molar refractivity (Wildman–Crippen MR) is 45.1 cm³/mol. The Hall–Kier alpha value is -0.950. The van der Waals surface area contributed by atoms with Crippen molar-refractivity contribution in [2.75, 3.05) is 5.43 Å². The Morgan fingerprint density at radius 2 is 2.00 bits per heavy atom. The van der Waals surface area contributed by atoms with E-state index in [1.807, 2.05) is 18.2 Å². The first-order chi connectivity index (χ1) is 5.79.